The molecular weight excluding hydrogens is 1880 g/mol. The number of fused-ring (bicyclic) bond motifs is 1. The lowest BCUT2D eigenvalue weighted by Crippen LogP contribution is -2.66. The largest absolute Gasteiger partial charge is 0.480 e. The molecule has 2 aromatic carbocycles. The second kappa shape index (κ2) is 68.7. The van der Waals surface area contributed by atoms with Crippen LogP contribution in [0, 0.1) is 5.41 Å². The van der Waals surface area contributed by atoms with Crippen molar-refractivity contribution in [1.29, 1.82) is 5.41 Å². The van der Waals surface area contributed by atoms with Gasteiger partial charge in [-0.3, -0.25) is 91.3 Å². The third-order valence-corrected chi connectivity index (χ3v) is 23.5. The number of unbranched alkanes of at least 4 members (excludes halogenated alkanes) is 13. The number of aromatic amines is 1. The molecule has 2 fully saturated rings. The van der Waals surface area contributed by atoms with E-state index >= 15 is 24.0 Å². The Morgan fingerprint density at radius 1 is 0.653 bits per heavy atom. The predicted octanol–water partition coefficient (Wildman–Crippen LogP) is -4.45. The molecule has 144 heavy (non-hydrogen) atoms. The second-order valence-corrected chi connectivity index (χ2v) is 35.2. The van der Waals surface area contributed by atoms with Gasteiger partial charge in [0.25, 0.3) is 5.91 Å². The summed E-state index contributed by atoms with van der Waals surface area (Å²) in [6, 6.07) is -3.59. The fraction of sp³-hybridized carbons (Fsp3) is 0.624. The highest BCUT2D eigenvalue weighted by molar-refractivity contribution is 6.01. The third-order valence-electron chi connectivity index (χ3n) is 23.5. The smallest absolute Gasteiger partial charge is 0.319 e. The number of benzene rings is 2. The van der Waals surface area contributed by atoms with Crippen molar-refractivity contribution in [2.24, 2.45) is 22.2 Å². The van der Waals surface area contributed by atoms with Crippen LogP contribution in [0.5, 0.6) is 0 Å². The maximum absolute atomic E-state index is 15.5. The van der Waals surface area contributed by atoms with Crippen LogP contribution in [0.1, 0.15) is 210 Å². The number of carboxylic acid groups (broad SMARTS) is 2. The summed E-state index contributed by atoms with van der Waals surface area (Å²) in [5.74, 6) is -18.8. The van der Waals surface area contributed by atoms with Crippen molar-refractivity contribution in [3.63, 3.8) is 0 Å². The number of aryl methyl sites for hydroxylation is 1. The van der Waals surface area contributed by atoms with Gasteiger partial charge >= 0.3 is 11.9 Å². The number of tetrazole rings is 1. The number of ether oxygens (including phenoxy) is 2. The Balaban J connectivity index is 1.31. The minimum Gasteiger partial charge on any atom is -0.480 e. The van der Waals surface area contributed by atoms with E-state index in [-0.39, 0.29) is 122 Å². The Hall–Kier alpha value is -13.5. The Morgan fingerprint density at radius 2 is 1.26 bits per heavy atom. The number of anilines is 1. The van der Waals surface area contributed by atoms with E-state index in [0.717, 1.165) is 49.2 Å². The van der Waals surface area contributed by atoms with Crippen molar-refractivity contribution in [2.75, 3.05) is 91.3 Å². The first-order chi connectivity index (χ1) is 69.1. The Morgan fingerprint density at radius 3 is 1.90 bits per heavy atom. The highest BCUT2D eigenvalue weighted by Gasteiger charge is 2.45. The molecule has 2 unspecified atom stereocenters. The van der Waals surface area contributed by atoms with Gasteiger partial charge in [0.1, 0.15) is 85.9 Å². The normalized spacial score (nSPS) is 18.5. The number of aliphatic carboxylic acids is 2. The Labute approximate surface area is 835 Å². The summed E-state index contributed by atoms with van der Waals surface area (Å²) in [5, 5.41) is 99.5. The molecule has 2 saturated heterocycles. The van der Waals surface area contributed by atoms with Crippen molar-refractivity contribution in [3.8, 4) is 0 Å². The predicted molar refractivity (Wildman–Crippen MR) is 524 cm³/mol. The first-order valence-corrected chi connectivity index (χ1v) is 48.8. The SMILES string of the molecule is C=NC(C=N)C[C@H](NC(=O)[C@H](CCC(N)=O)NC(=O)[C@H](CO)NC(=O)CNC(=O)COCCOCCNC(=O)CCCCCCCCCCCCCCCc1nnn[nH]1)C(=O)NC(NN(CC(=O)O)CC(=O)O)C(=O)N[C@@H](CCCC)C(=O)N[C@H]1CCC(=O)NCCCC[C@@H](C(N)=O)NC(=O)[C@H](CC(=C)c2ccccc2N)NC(=O)[C@H](CCCNCN)NC(=O)[C@@H](Cc2ccccc2)NC(=O)[C@@H]2C[C@@H](O)CN2C1=O. The van der Waals surface area contributed by atoms with E-state index in [9.17, 15) is 82.8 Å². The number of nitrogen functional groups attached to an aromatic ring is 1. The average molecular weight is 2030 g/mol. The highest BCUT2D eigenvalue weighted by Crippen LogP contribution is 2.26. The molecule has 29 N–H and O–H groups in total. The van der Waals surface area contributed by atoms with Gasteiger partial charge in [-0.05, 0) is 105 Å². The van der Waals surface area contributed by atoms with Gasteiger partial charge in [0, 0.05) is 95.1 Å². The molecule has 5 rings (SSSR count). The maximum Gasteiger partial charge on any atom is 0.319 e. The first kappa shape index (κ1) is 121. The number of amides is 16. The maximum atomic E-state index is 15.5. The fourth-order valence-corrected chi connectivity index (χ4v) is 15.7. The summed E-state index contributed by atoms with van der Waals surface area (Å²) in [6.45, 7) is 4.30. The number of aliphatic hydroxyl groups is 2. The van der Waals surface area contributed by atoms with Gasteiger partial charge in [-0.25, -0.2) is 15.5 Å². The first-order valence-electron chi connectivity index (χ1n) is 48.8. The summed E-state index contributed by atoms with van der Waals surface area (Å²) in [6.07, 6.45) is 8.82. The van der Waals surface area contributed by atoms with Crippen molar-refractivity contribution in [3.05, 3.63) is 78.1 Å². The third kappa shape index (κ3) is 48.1. The average Bonchev–Trinajstić information content (AvgIpc) is 1.67. The molecule has 798 valence electrons. The summed E-state index contributed by atoms with van der Waals surface area (Å²) in [4.78, 5) is 255. The minimum absolute atomic E-state index is 0.0344. The molecule has 2 aliphatic rings. The molecule has 1 aromatic heterocycles. The number of rotatable bonds is 65. The van der Waals surface area contributed by atoms with Crippen LogP contribution in [0.2, 0.25) is 0 Å². The molecule has 51 nitrogen and oxygen atoms in total. The van der Waals surface area contributed by atoms with Gasteiger partial charge in [-0.2, -0.15) is 0 Å². The van der Waals surface area contributed by atoms with E-state index in [4.69, 9.17) is 37.8 Å². The van der Waals surface area contributed by atoms with E-state index < -0.39 is 257 Å². The quantitative estimate of drug-likeness (QED) is 0.00833. The van der Waals surface area contributed by atoms with Crippen molar-refractivity contribution < 1.29 is 116 Å². The monoisotopic (exact) mass is 2030 g/mol. The second-order valence-electron chi connectivity index (χ2n) is 35.2. The molecule has 0 saturated carbocycles. The van der Waals surface area contributed by atoms with Crippen LogP contribution >= 0.6 is 0 Å². The van der Waals surface area contributed by atoms with Gasteiger partial charge in [0.05, 0.1) is 45.1 Å². The molecule has 16 amide bonds. The molecule has 0 spiro atoms. The Bertz CT molecular complexity index is 4610. The van der Waals surface area contributed by atoms with E-state index in [1.165, 1.54) is 51.4 Å². The summed E-state index contributed by atoms with van der Waals surface area (Å²) >= 11 is 0. The number of aliphatic imine (C=N–C) groups is 1. The Kier molecular flexibility index (Phi) is 57.7. The van der Waals surface area contributed by atoms with Gasteiger partial charge < -0.3 is 138 Å². The molecule has 51 heteroatoms. The van der Waals surface area contributed by atoms with E-state index in [2.05, 4.69) is 119 Å². The number of primary amides is 2. The lowest BCUT2D eigenvalue weighted by Gasteiger charge is -2.32. The number of hydrogen-bond acceptors (Lipinski definition) is 32. The van der Waals surface area contributed by atoms with Gasteiger partial charge in [0.2, 0.25) is 88.6 Å². The number of nitrogens with zero attached hydrogens (tertiary/aromatic N) is 6. The fourth-order valence-electron chi connectivity index (χ4n) is 15.7. The molecule has 0 aliphatic carbocycles. The number of carboxylic acids is 2. The van der Waals surface area contributed by atoms with Crippen LogP contribution in [-0.4, -0.2) is 335 Å². The zero-order valence-corrected chi connectivity index (χ0v) is 81.8. The summed E-state index contributed by atoms with van der Waals surface area (Å²) in [5.41, 5.74) is 27.2. The van der Waals surface area contributed by atoms with Crippen molar-refractivity contribution in [2.45, 2.75) is 285 Å². The number of nitrogens with one attached hydrogen (secondary N) is 17. The molecule has 3 heterocycles. The number of para-hydroxylation sites is 1. The number of aromatic nitrogens is 4. The van der Waals surface area contributed by atoms with E-state index in [1.54, 1.807) is 61.5 Å². The van der Waals surface area contributed by atoms with Gasteiger partial charge in [0.15, 0.2) is 6.17 Å². The number of hydrogen-bond donors (Lipinski definition) is 25. The van der Waals surface area contributed by atoms with E-state index in [1.807, 2.05) is 0 Å². The molecular formula is C93H147N27O24. The standard InChI is InChI=1S/C93H147N27O24/c1-4-5-31-65(84(133)109-68-37-39-77(125)101-41-25-24-32-64(82(98)132)105-87(136)69(46-58(2)62-29-22-23-30-63(62)96)110-85(134)66(33-26-40-100-57-95)106-88(137)70(47-59-27-18-17-19-28-59)112-91(140)73-49-61(122)52-120(73)93(68)142)108-92(141)83(116-119(53-80(128)129)54-81(130)131)113-89(138)71(48-60(50-94)99-3)111-86(135)67(36-38-74(97)123)107-90(139)72(55-121)104-78(126)51-103-79(127)56-144-45-44-143-43-42-102-76(124)35-21-16-14-12-10-8-6-7-9-11-13-15-20-34-75-114-117-118-115-75/h17-19,22-23,27-30,50,60-61,64-73,83,94,100,116,121-122H,2-16,20-21,24-26,31-49,51-57,95-96H2,1H3,(H2,97,123)(H2,98,132)(H,101,125)(H,102,124)(H,103,127)(H,104,126)(H,105,136)(H,106,137)(H,107,139)(H,108,141)(H,109,133)(H,110,134)(H,111,135)(H,112,140)(H,113,138)(H,128,129)(H,130,131)(H,114,115,117,118)/t60?,61-,64+,65+,66+,67+,68+,69+,70-,71+,72+,73+,83?/m1/s1. The topological polar surface area (TPSA) is 788 Å². The molecule has 13 atom stereocenters. The zero-order chi connectivity index (χ0) is 106. The van der Waals surface area contributed by atoms with Crippen LogP contribution in [0.4, 0.5) is 5.69 Å². The van der Waals surface area contributed by atoms with Crippen LogP contribution in [0.25, 0.3) is 5.57 Å². The van der Waals surface area contributed by atoms with Crippen molar-refractivity contribution in [1.82, 2.24) is 110 Å². The number of carbonyl (C=O) groups excluding carboxylic acids is 16. The highest BCUT2D eigenvalue weighted by atomic mass is 16.5. The van der Waals surface area contributed by atoms with Gasteiger partial charge in [-0.1, -0.05) is 146 Å². The minimum atomic E-state index is -2.40. The molecule has 0 radical (unpaired) electrons. The van der Waals surface area contributed by atoms with Crippen LogP contribution < -0.4 is 103 Å². The number of nitrogens with two attached hydrogens (primary N) is 4. The van der Waals surface area contributed by atoms with E-state index in [0.29, 0.717) is 34.3 Å². The number of H-pyrrole nitrogens is 1. The molecule has 2 aliphatic heterocycles. The summed E-state index contributed by atoms with van der Waals surface area (Å²) in [7, 11) is 0. The van der Waals surface area contributed by atoms with Gasteiger partial charge in [-0.15, -0.1) is 5.10 Å². The van der Waals surface area contributed by atoms with Crippen LogP contribution in [-0.2, 0) is 109 Å². The molecule has 3 aromatic rings. The summed E-state index contributed by atoms with van der Waals surface area (Å²) < 4.78 is 10.8. The zero-order valence-electron chi connectivity index (χ0n) is 81.8. The molecule has 0 bridgehead atoms. The number of aliphatic hydroxyl groups excluding tert-OH is 2. The lowest BCUT2D eigenvalue weighted by atomic mass is 9.97. The number of carbonyl (C=O) groups is 18. The van der Waals surface area contributed by atoms with Crippen molar-refractivity contribution >= 4 is 131 Å². The number of hydrazine groups is 1. The van der Waals surface area contributed by atoms with Crippen LogP contribution in [0.3, 0.4) is 0 Å². The van der Waals surface area contributed by atoms with Crippen LogP contribution in [0.15, 0.2) is 66.2 Å². The lowest BCUT2D eigenvalue weighted by molar-refractivity contribution is -0.146.